The number of rotatable bonds is 3. The van der Waals surface area contributed by atoms with Crippen LogP contribution in [-0.4, -0.2) is 48.1 Å². The first kappa shape index (κ1) is 14.8. The van der Waals surface area contributed by atoms with Crippen molar-refractivity contribution in [3.05, 3.63) is 0 Å². The number of hydrogen-bond donors (Lipinski definition) is 0. The fourth-order valence-electron chi connectivity index (χ4n) is 4.30. The Morgan fingerprint density at radius 3 is 2.70 bits per heavy atom. The van der Waals surface area contributed by atoms with Gasteiger partial charge in [-0.1, -0.05) is 15.9 Å². The molecule has 1 saturated carbocycles. The predicted molar refractivity (Wildman–Crippen MR) is 82.7 cm³/mol. The summed E-state index contributed by atoms with van der Waals surface area (Å²) in [5.74, 6) is 0.587. The second-order valence-corrected chi connectivity index (χ2v) is 8.68. The number of hydrogen-bond acceptors (Lipinski definition) is 2. The van der Waals surface area contributed by atoms with Crippen LogP contribution in [0.4, 0.5) is 0 Å². The number of carbonyl (C=O) groups is 1. The summed E-state index contributed by atoms with van der Waals surface area (Å²) < 4.78 is 6.92. The molecule has 4 heteroatoms. The molecule has 3 fully saturated rings. The van der Waals surface area contributed by atoms with E-state index >= 15 is 0 Å². The third kappa shape index (κ3) is 2.54. The zero-order chi connectivity index (χ0) is 14.4. The molecule has 114 valence electrons. The Labute approximate surface area is 130 Å². The fraction of sp³-hybridized carbons (Fsp3) is 0.938. The first-order chi connectivity index (χ1) is 9.46. The smallest absolute Gasteiger partial charge is 0.312 e. The van der Waals surface area contributed by atoms with Crippen molar-refractivity contribution in [1.29, 1.82) is 0 Å². The summed E-state index contributed by atoms with van der Waals surface area (Å²) in [7, 11) is 2.41. The van der Waals surface area contributed by atoms with Crippen molar-refractivity contribution in [3.8, 4) is 0 Å². The van der Waals surface area contributed by atoms with E-state index in [-0.39, 0.29) is 11.4 Å². The minimum atomic E-state index is -0.251. The molecule has 5 atom stereocenters. The van der Waals surface area contributed by atoms with Crippen LogP contribution in [0.2, 0.25) is 0 Å². The first-order valence-electron chi connectivity index (χ1n) is 8.11. The molecule has 0 bridgehead atoms. The highest BCUT2D eigenvalue weighted by Gasteiger charge is 2.56. The number of nitrogens with zero attached hydrogens (tertiary/aromatic N) is 1. The molecule has 20 heavy (non-hydrogen) atoms. The van der Waals surface area contributed by atoms with Gasteiger partial charge < -0.3 is 9.22 Å². The molecule has 3 rings (SSSR count). The van der Waals surface area contributed by atoms with Crippen LogP contribution < -0.4 is 0 Å². The lowest BCUT2D eigenvalue weighted by Crippen LogP contribution is -2.61. The third-order valence-electron chi connectivity index (χ3n) is 6.04. The zero-order valence-electron chi connectivity index (χ0n) is 12.7. The minimum absolute atomic E-state index is 0.00922. The summed E-state index contributed by atoms with van der Waals surface area (Å²) in [6.07, 6.45) is 7.48. The molecule has 1 aliphatic carbocycles. The average molecular weight is 345 g/mol. The maximum absolute atomic E-state index is 12.2. The number of alkyl halides is 1. The Bertz CT molecular complexity index is 398. The van der Waals surface area contributed by atoms with Gasteiger partial charge in [-0.05, 0) is 39.0 Å². The topological polar surface area (TPSA) is 26.3 Å². The van der Waals surface area contributed by atoms with Crippen LogP contribution >= 0.6 is 15.9 Å². The van der Waals surface area contributed by atoms with Crippen molar-refractivity contribution in [2.45, 2.75) is 56.3 Å². The number of quaternary nitrogens is 1. The summed E-state index contributed by atoms with van der Waals surface area (Å²) in [6, 6.07) is 0.720. The molecule has 3 nitrogen and oxygen atoms in total. The Kier molecular flexibility index (Phi) is 3.91. The van der Waals surface area contributed by atoms with E-state index in [9.17, 15) is 4.79 Å². The summed E-state index contributed by atoms with van der Waals surface area (Å²) in [6.45, 7) is 5.29. The molecule has 0 amide bonds. The normalized spacial score (nSPS) is 47.5. The Balaban J connectivity index is 1.58. The van der Waals surface area contributed by atoms with Gasteiger partial charge >= 0.3 is 5.97 Å². The zero-order valence-corrected chi connectivity index (χ0v) is 14.3. The Hall–Kier alpha value is -0.0900. The van der Waals surface area contributed by atoms with Crippen LogP contribution in [-0.2, 0) is 9.53 Å². The number of esters is 1. The highest BCUT2D eigenvalue weighted by atomic mass is 79.9. The monoisotopic (exact) mass is 344 g/mol. The maximum Gasteiger partial charge on any atom is 0.312 e. The number of fused-ring (bicyclic) bond motifs is 1. The van der Waals surface area contributed by atoms with E-state index < -0.39 is 0 Å². The number of piperidine rings is 2. The van der Waals surface area contributed by atoms with Gasteiger partial charge in [-0.2, -0.15) is 0 Å². The lowest BCUT2D eigenvalue weighted by molar-refractivity contribution is -0.947. The lowest BCUT2D eigenvalue weighted by atomic mass is 9.82. The lowest BCUT2D eigenvalue weighted by Gasteiger charge is -2.51. The molecule has 0 spiro atoms. The molecule has 2 aliphatic heterocycles. The first-order valence-corrected chi connectivity index (χ1v) is 9.03. The minimum Gasteiger partial charge on any atom is -0.465 e. The maximum atomic E-state index is 12.2. The summed E-state index contributed by atoms with van der Waals surface area (Å²) in [4.78, 5) is 12.5. The van der Waals surface area contributed by atoms with Gasteiger partial charge in [0.05, 0.1) is 38.2 Å². The Morgan fingerprint density at radius 2 is 2.00 bits per heavy atom. The second-order valence-electron chi connectivity index (χ2n) is 7.58. The van der Waals surface area contributed by atoms with Crippen LogP contribution in [0, 0.1) is 11.3 Å². The van der Waals surface area contributed by atoms with Crippen LogP contribution in [0.15, 0.2) is 0 Å². The summed E-state index contributed by atoms with van der Waals surface area (Å²) >= 11 is 3.53. The van der Waals surface area contributed by atoms with Gasteiger partial charge in [-0.25, -0.2) is 0 Å². The SMILES string of the molecule is C[C@]1(C(=O)OC[C@H]2CCC[N+]3(C)CCCC[C@H]23)C[C@@H]1Br. The van der Waals surface area contributed by atoms with Gasteiger partial charge in [0.1, 0.15) is 0 Å². The van der Waals surface area contributed by atoms with Crippen molar-refractivity contribution >= 4 is 21.9 Å². The quantitative estimate of drug-likeness (QED) is 0.446. The van der Waals surface area contributed by atoms with Crippen molar-refractivity contribution in [1.82, 2.24) is 0 Å². The number of carbonyl (C=O) groups excluding carboxylic acids is 1. The van der Waals surface area contributed by atoms with Gasteiger partial charge in [0, 0.05) is 17.2 Å². The van der Waals surface area contributed by atoms with Gasteiger partial charge in [-0.15, -0.1) is 0 Å². The van der Waals surface area contributed by atoms with Crippen molar-refractivity contribution in [2.75, 3.05) is 26.7 Å². The molecule has 1 unspecified atom stereocenters. The summed E-state index contributed by atoms with van der Waals surface area (Å²) in [5, 5.41) is 0. The van der Waals surface area contributed by atoms with Gasteiger partial charge in [-0.3, -0.25) is 4.79 Å². The molecular formula is C16H27BrNO2+. The molecule has 0 radical (unpaired) electrons. The molecule has 2 heterocycles. The Morgan fingerprint density at radius 1 is 1.30 bits per heavy atom. The molecule has 2 saturated heterocycles. The van der Waals surface area contributed by atoms with E-state index in [4.69, 9.17) is 4.74 Å². The molecule has 0 aromatic heterocycles. The van der Waals surface area contributed by atoms with Gasteiger partial charge in [0.2, 0.25) is 0 Å². The van der Waals surface area contributed by atoms with Crippen molar-refractivity contribution < 1.29 is 14.0 Å². The van der Waals surface area contributed by atoms with Crippen LogP contribution in [0.1, 0.15) is 45.4 Å². The standard InChI is InChI=1S/C16H27BrNO2/c1-16(10-14(16)17)15(19)20-11-12-6-5-9-18(2)8-4-3-7-13(12)18/h12-14H,3-11H2,1-2H3/q+1/t12-,13-,14+,16+,18?/m1/s1. The third-order valence-corrected chi connectivity index (χ3v) is 7.37. The number of ether oxygens (including phenoxy) is 1. The van der Waals surface area contributed by atoms with E-state index in [1.165, 1.54) is 49.7 Å². The van der Waals surface area contributed by atoms with Gasteiger partial charge in [0.15, 0.2) is 0 Å². The van der Waals surface area contributed by atoms with Crippen LogP contribution in [0.5, 0.6) is 0 Å². The molecule has 3 aliphatic rings. The average Bonchev–Trinajstić information content (AvgIpc) is 3.04. The van der Waals surface area contributed by atoms with E-state index in [2.05, 4.69) is 23.0 Å². The fourth-order valence-corrected chi connectivity index (χ4v) is 5.16. The van der Waals surface area contributed by atoms with Gasteiger partial charge in [0.25, 0.3) is 0 Å². The largest absolute Gasteiger partial charge is 0.465 e. The van der Waals surface area contributed by atoms with E-state index in [0.717, 1.165) is 12.5 Å². The highest BCUT2D eigenvalue weighted by molar-refractivity contribution is 9.09. The number of halogens is 1. The highest BCUT2D eigenvalue weighted by Crippen LogP contribution is 2.52. The van der Waals surface area contributed by atoms with E-state index in [1.54, 1.807) is 0 Å². The second kappa shape index (κ2) is 5.28. The van der Waals surface area contributed by atoms with Crippen LogP contribution in [0.3, 0.4) is 0 Å². The molecule has 0 aromatic carbocycles. The summed E-state index contributed by atoms with van der Waals surface area (Å²) in [5.41, 5.74) is -0.251. The predicted octanol–water partition coefficient (Wildman–Crippen LogP) is 3.11. The van der Waals surface area contributed by atoms with E-state index in [1.807, 2.05) is 6.92 Å². The van der Waals surface area contributed by atoms with Crippen molar-refractivity contribution in [2.24, 2.45) is 11.3 Å². The van der Waals surface area contributed by atoms with Crippen molar-refractivity contribution in [3.63, 3.8) is 0 Å². The molecule has 0 aromatic rings. The van der Waals surface area contributed by atoms with E-state index in [0.29, 0.717) is 17.4 Å². The molecular weight excluding hydrogens is 318 g/mol. The van der Waals surface area contributed by atoms with Crippen LogP contribution in [0.25, 0.3) is 0 Å². The molecule has 0 N–H and O–H groups in total.